The minimum atomic E-state index is 0.532. The summed E-state index contributed by atoms with van der Waals surface area (Å²) < 4.78 is 0. The van der Waals surface area contributed by atoms with Crippen molar-refractivity contribution in [3.05, 3.63) is 15.6 Å². The summed E-state index contributed by atoms with van der Waals surface area (Å²) in [6.07, 6.45) is 2.51. The maximum Gasteiger partial charge on any atom is 0.103 e. The first-order valence-corrected chi connectivity index (χ1v) is 8.93. The molecule has 18 heavy (non-hydrogen) atoms. The van der Waals surface area contributed by atoms with Gasteiger partial charge in [0.05, 0.1) is 5.69 Å². The van der Waals surface area contributed by atoms with Gasteiger partial charge < -0.3 is 5.32 Å². The highest BCUT2D eigenvalue weighted by Gasteiger charge is 2.13. The van der Waals surface area contributed by atoms with Gasteiger partial charge in [-0.1, -0.05) is 34.1 Å². The first kappa shape index (κ1) is 16.0. The van der Waals surface area contributed by atoms with Crippen LogP contribution in [0.25, 0.3) is 0 Å². The van der Waals surface area contributed by atoms with E-state index < -0.39 is 0 Å². The van der Waals surface area contributed by atoms with E-state index in [9.17, 15) is 0 Å². The summed E-state index contributed by atoms with van der Waals surface area (Å²) in [6, 6.07) is 0. The predicted molar refractivity (Wildman–Crippen MR) is 84.7 cm³/mol. The number of thioether (sulfide) groups is 1. The Labute approximate surface area is 120 Å². The van der Waals surface area contributed by atoms with Gasteiger partial charge in [-0.3, -0.25) is 0 Å². The summed E-state index contributed by atoms with van der Waals surface area (Å²) in [4.78, 5) is 6.24. The standard InChI is InChI=1S/C14H26N2S2/c1-5-7-8-15-9-12-14(11(3)4)16-13(18-12)10-17-6-2/h11,15H,5-10H2,1-4H3. The van der Waals surface area contributed by atoms with Crippen molar-refractivity contribution in [2.75, 3.05) is 12.3 Å². The maximum atomic E-state index is 4.80. The van der Waals surface area contributed by atoms with Crippen molar-refractivity contribution in [3.63, 3.8) is 0 Å². The summed E-state index contributed by atoms with van der Waals surface area (Å²) >= 11 is 3.85. The fourth-order valence-electron chi connectivity index (χ4n) is 1.75. The quantitative estimate of drug-likeness (QED) is 0.681. The van der Waals surface area contributed by atoms with Gasteiger partial charge in [0.15, 0.2) is 0 Å². The number of unbranched alkanes of at least 4 members (excludes halogenated alkanes) is 1. The fraction of sp³-hybridized carbons (Fsp3) is 0.786. The van der Waals surface area contributed by atoms with E-state index >= 15 is 0 Å². The second kappa shape index (κ2) is 8.94. The Kier molecular flexibility index (Phi) is 7.95. The molecule has 0 fully saturated rings. The van der Waals surface area contributed by atoms with Crippen LogP contribution in [-0.2, 0) is 12.3 Å². The molecule has 0 aromatic carbocycles. The molecule has 0 unspecified atom stereocenters. The lowest BCUT2D eigenvalue weighted by Crippen LogP contribution is -2.14. The average molecular weight is 287 g/mol. The minimum Gasteiger partial charge on any atom is -0.312 e. The van der Waals surface area contributed by atoms with Crippen LogP contribution in [0.2, 0.25) is 0 Å². The molecule has 1 aromatic heterocycles. The van der Waals surface area contributed by atoms with Crippen LogP contribution in [0.4, 0.5) is 0 Å². The predicted octanol–water partition coefficient (Wildman–Crippen LogP) is 4.41. The van der Waals surface area contributed by atoms with E-state index in [0.717, 1.165) is 18.8 Å². The van der Waals surface area contributed by atoms with Gasteiger partial charge in [0.2, 0.25) is 0 Å². The molecule has 0 atom stereocenters. The van der Waals surface area contributed by atoms with Crippen LogP contribution in [-0.4, -0.2) is 17.3 Å². The van der Waals surface area contributed by atoms with Crippen LogP contribution in [0.5, 0.6) is 0 Å². The molecule has 0 spiro atoms. The second-order valence-electron chi connectivity index (χ2n) is 4.74. The van der Waals surface area contributed by atoms with Crippen LogP contribution in [0.1, 0.15) is 62.0 Å². The van der Waals surface area contributed by atoms with Crippen molar-refractivity contribution >= 4 is 23.1 Å². The number of nitrogens with zero attached hydrogens (tertiary/aromatic N) is 1. The molecular weight excluding hydrogens is 260 g/mol. The van der Waals surface area contributed by atoms with E-state index in [1.54, 1.807) is 0 Å². The Morgan fingerprint density at radius 1 is 1.33 bits per heavy atom. The van der Waals surface area contributed by atoms with E-state index in [4.69, 9.17) is 4.98 Å². The van der Waals surface area contributed by atoms with Gasteiger partial charge in [-0.05, 0) is 24.6 Å². The van der Waals surface area contributed by atoms with E-state index in [-0.39, 0.29) is 0 Å². The first-order chi connectivity index (χ1) is 8.69. The Hall–Kier alpha value is -0.0600. The average Bonchev–Trinajstić information content (AvgIpc) is 2.75. The van der Waals surface area contributed by atoms with Crippen LogP contribution in [0, 0.1) is 0 Å². The summed E-state index contributed by atoms with van der Waals surface area (Å²) in [5, 5.41) is 4.82. The molecule has 1 rings (SSSR count). The summed E-state index contributed by atoms with van der Waals surface area (Å²) in [5.74, 6) is 2.76. The number of thiazole rings is 1. The van der Waals surface area contributed by atoms with Crippen LogP contribution >= 0.6 is 23.1 Å². The lowest BCUT2D eigenvalue weighted by molar-refractivity contribution is 0.639. The largest absolute Gasteiger partial charge is 0.312 e. The van der Waals surface area contributed by atoms with Crippen molar-refractivity contribution in [2.45, 2.75) is 58.8 Å². The van der Waals surface area contributed by atoms with Gasteiger partial charge in [-0.25, -0.2) is 4.98 Å². The molecule has 0 amide bonds. The number of hydrogen-bond acceptors (Lipinski definition) is 4. The highest BCUT2D eigenvalue weighted by Crippen LogP contribution is 2.27. The summed E-state index contributed by atoms with van der Waals surface area (Å²) in [7, 11) is 0. The Balaban J connectivity index is 2.59. The van der Waals surface area contributed by atoms with Gasteiger partial charge in [-0.2, -0.15) is 11.8 Å². The highest BCUT2D eigenvalue weighted by atomic mass is 32.2. The Bertz CT molecular complexity index is 335. The third-order valence-electron chi connectivity index (χ3n) is 2.74. The fourth-order valence-corrected chi connectivity index (χ4v) is 3.66. The van der Waals surface area contributed by atoms with Gasteiger partial charge in [0.1, 0.15) is 5.01 Å². The maximum absolute atomic E-state index is 4.80. The van der Waals surface area contributed by atoms with E-state index in [2.05, 4.69) is 33.0 Å². The summed E-state index contributed by atoms with van der Waals surface area (Å²) in [6.45, 7) is 11.0. The molecule has 0 aliphatic rings. The van der Waals surface area contributed by atoms with Gasteiger partial charge in [0.25, 0.3) is 0 Å². The molecule has 0 saturated carbocycles. The molecule has 0 radical (unpaired) electrons. The van der Waals surface area contributed by atoms with Crippen molar-refractivity contribution in [2.24, 2.45) is 0 Å². The topological polar surface area (TPSA) is 24.9 Å². The zero-order chi connectivity index (χ0) is 13.4. The Morgan fingerprint density at radius 2 is 2.11 bits per heavy atom. The molecule has 1 heterocycles. The molecule has 0 aliphatic heterocycles. The number of rotatable bonds is 9. The first-order valence-electron chi connectivity index (χ1n) is 6.95. The molecule has 1 N–H and O–H groups in total. The van der Waals surface area contributed by atoms with E-state index in [0.29, 0.717) is 5.92 Å². The van der Waals surface area contributed by atoms with E-state index in [1.165, 1.54) is 34.2 Å². The number of nitrogens with one attached hydrogen (secondary N) is 1. The normalized spacial score (nSPS) is 11.4. The second-order valence-corrected chi connectivity index (χ2v) is 7.18. The van der Waals surface area contributed by atoms with Crippen LogP contribution in [0.15, 0.2) is 0 Å². The van der Waals surface area contributed by atoms with Gasteiger partial charge in [0, 0.05) is 17.2 Å². The molecule has 0 bridgehead atoms. The number of hydrogen-bond donors (Lipinski definition) is 1. The molecule has 0 saturated heterocycles. The van der Waals surface area contributed by atoms with E-state index in [1.807, 2.05) is 23.1 Å². The van der Waals surface area contributed by atoms with Gasteiger partial charge in [-0.15, -0.1) is 11.3 Å². The zero-order valence-electron chi connectivity index (χ0n) is 12.1. The SMILES string of the molecule is CCCCNCc1sc(CSCC)nc1C(C)C. The summed E-state index contributed by atoms with van der Waals surface area (Å²) in [5.41, 5.74) is 1.30. The van der Waals surface area contributed by atoms with Crippen molar-refractivity contribution in [1.82, 2.24) is 10.3 Å². The van der Waals surface area contributed by atoms with Crippen LogP contribution < -0.4 is 5.32 Å². The molecule has 2 nitrogen and oxygen atoms in total. The third-order valence-corrected chi connectivity index (χ3v) is 4.88. The zero-order valence-corrected chi connectivity index (χ0v) is 13.7. The van der Waals surface area contributed by atoms with Crippen molar-refractivity contribution in [1.29, 1.82) is 0 Å². The third kappa shape index (κ3) is 5.29. The molecule has 0 aliphatic carbocycles. The van der Waals surface area contributed by atoms with Crippen molar-refractivity contribution < 1.29 is 0 Å². The smallest absolute Gasteiger partial charge is 0.103 e. The molecule has 4 heteroatoms. The minimum absolute atomic E-state index is 0.532. The lowest BCUT2D eigenvalue weighted by Gasteiger charge is -2.06. The Morgan fingerprint density at radius 3 is 2.72 bits per heavy atom. The number of aromatic nitrogens is 1. The molecule has 1 aromatic rings. The monoisotopic (exact) mass is 286 g/mol. The molecule has 104 valence electrons. The van der Waals surface area contributed by atoms with Crippen molar-refractivity contribution in [3.8, 4) is 0 Å². The van der Waals surface area contributed by atoms with Crippen LogP contribution in [0.3, 0.4) is 0 Å². The lowest BCUT2D eigenvalue weighted by atomic mass is 10.1. The van der Waals surface area contributed by atoms with Gasteiger partial charge >= 0.3 is 0 Å². The highest BCUT2D eigenvalue weighted by molar-refractivity contribution is 7.98. The molecular formula is C14H26N2S2.